The van der Waals surface area contributed by atoms with Crippen LogP contribution in [0.4, 0.5) is 0 Å². The van der Waals surface area contributed by atoms with E-state index in [1.807, 2.05) is 0 Å². The third kappa shape index (κ3) is 9.75. The number of aromatic amines is 1. The average molecular weight is 580 g/mol. The van der Waals surface area contributed by atoms with Crippen molar-refractivity contribution in [1.29, 1.82) is 0 Å². The third-order valence-corrected chi connectivity index (χ3v) is 6.28. The highest BCUT2D eigenvalue weighted by Crippen LogP contribution is 2.12. The van der Waals surface area contributed by atoms with Crippen LogP contribution in [0.3, 0.4) is 0 Å². The average Bonchev–Trinajstić information content (AvgIpc) is 3.46. The van der Waals surface area contributed by atoms with E-state index in [-0.39, 0.29) is 25.0 Å². The molecule has 0 aliphatic heterocycles. The Kier molecular flexibility index (Phi) is 11.1. The van der Waals surface area contributed by atoms with Crippen molar-refractivity contribution >= 4 is 29.6 Å². The van der Waals surface area contributed by atoms with Crippen molar-refractivity contribution in [2.45, 2.75) is 49.9 Å². The molecule has 0 spiro atoms. The number of aromatic nitrogens is 2. The van der Waals surface area contributed by atoms with Crippen molar-refractivity contribution in [3.05, 3.63) is 83.9 Å². The highest BCUT2D eigenvalue weighted by Gasteiger charge is 2.31. The smallest absolute Gasteiger partial charge is 0.326 e. The molecule has 0 aliphatic rings. The summed E-state index contributed by atoms with van der Waals surface area (Å²) in [5.41, 5.74) is 13.1. The van der Waals surface area contributed by atoms with Crippen molar-refractivity contribution in [2.75, 3.05) is 0 Å². The minimum Gasteiger partial charge on any atom is -0.508 e. The van der Waals surface area contributed by atoms with Gasteiger partial charge in [0.15, 0.2) is 0 Å². The Balaban J connectivity index is 1.77. The Bertz CT molecular complexity index is 1370. The zero-order chi connectivity index (χ0) is 30.6. The van der Waals surface area contributed by atoms with Crippen LogP contribution in [0.1, 0.15) is 23.2 Å². The maximum atomic E-state index is 13.4. The van der Waals surface area contributed by atoms with Gasteiger partial charge in [-0.1, -0.05) is 42.5 Å². The van der Waals surface area contributed by atoms with Gasteiger partial charge in [0, 0.05) is 31.2 Å². The standard InChI is InChI=1S/C28H33N7O7/c29-20(12-18-14-31-15-32-18)25(38)33-21(10-17-6-8-19(36)9-7-17)26(39)34-22(13-24(30)37)27(40)35-23(28(41)42)11-16-4-2-1-3-5-16/h1-9,14-15,20-23,36H,10-13,29H2,(H2,30,37)(H,31,32)(H,33,38)(H,34,39)(H,35,40)(H,41,42). The van der Waals surface area contributed by atoms with Gasteiger partial charge in [-0.05, 0) is 23.3 Å². The number of hydrogen-bond donors (Lipinski definition) is 8. The number of carbonyl (C=O) groups is 5. The first-order valence-corrected chi connectivity index (χ1v) is 13.0. The Hall–Kier alpha value is -5.24. The van der Waals surface area contributed by atoms with Crippen molar-refractivity contribution < 1.29 is 34.2 Å². The fourth-order valence-electron chi connectivity index (χ4n) is 4.09. The van der Waals surface area contributed by atoms with Crippen LogP contribution in [0, 0.1) is 0 Å². The lowest BCUT2D eigenvalue weighted by Crippen LogP contribution is -2.58. The van der Waals surface area contributed by atoms with E-state index in [1.54, 1.807) is 42.5 Å². The van der Waals surface area contributed by atoms with Gasteiger partial charge in [-0.3, -0.25) is 19.2 Å². The number of nitrogens with one attached hydrogen (secondary N) is 4. The molecule has 10 N–H and O–H groups in total. The molecule has 0 bridgehead atoms. The molecule has 0 aliphatic carbocycles. The second-order valence-electron chi connectivity index (χ2n) is 9.64. The van der Waals surface area contributed by atoms with Crippen LogP contribution in [0.5, 0.6) is 5.75 Å². The molecule has 0 saturated heterocycles. The predicted molar refractivity (Wildman–Crippen MR) is 149 cm³/mol. The molecular formula is C28H33N7O7. The molecule has 1 aromatic heterocycles. The number of nitrogens with two attached hydrogens (primary N) is 2. The molecular weight excluding hydrogens is 546 g/mol. The second-order valence-corrected chi connectivity index (χ2v) is 9.64. The molecule has 4 amide bonds. The van der Waals surface area contributed by atoms with Gasteiger partial charge in [0.2, 0.25) is 23.6 Å². The Morgan fingerprint density at radius 2 is 1.36 bits per heavy atom. The van der Waals surface area contributed by atoms with Gasteiger partial charge in [0.25, 0.3) is 0 Å². The lowest BCUT2D eigenvalue weighted by Gasteiger charge is -2.25. The van der Waals surface area contributed by atoms with E-state index in [0.717, 1.165) is 0 Å². The van der Waals surface area contributed by atoms with Crippen LogP contribution in [0.25, 0.3) is 0 Å². The van der Waals surface area contributed by atoms with Gasteiger partial charge in [-0.25, -0.2) is 9.78 Å². The third-order valence-electron chi connectivity index (χ3n) is 6.28. The first kappa shape index (κ1) is 31.3. The van der Waals surface area contributed by atoms with Gasteiger partial charge in [0.05, 0.1) is 18.8 Å². The van der Waals surface area contributed by atoms with Crippen LogP contribution >= 0.6 is 0 Å². The summed E-state index contributed by atoms with van der Waals surface area (Å²) in [5.74, 6) is -4.72. The minimum absolute atomic E-state index is 0.00736. The number of phenols is 1. The first-order chi connectivity index (χ1) is 20.0. The number of carboxylic acids is 1. The maximum Gasteiger partial charge on any atom is 0.326 e. The highest BCUT2D eigenvalue weighted by molar-refractivity contribution is 5.96. The number of benzene rings is 2. The zero-order valence-electron chi connectivity index (χ0n) is 22.5. The molecule has 2 aromatic carbocycles. The topological polar surface area (TPSA) is 243 Å². The number of carboxylic acid groups (broad SMARTS) is 1. The predicted octanol–water partition coefficient (Wildman–Crippen LogP) is -1.12. The molecule has 0 radical (unpaired) electrons. The summed E-state index contributed by atoms with van der Waals surface area (Å²) in [6.45, 7) is 0. The number of imidazole rings is 1. The Labute approximate surface area is 240 Å². The second kappa shape index (κ2) is 14.9. The number of hydrogen-bond acceptors (Lipinski definition) is 8. The van der Waals surface area contributed by atoms with Crippen LogP contribution in [0.15, 0.2) is 67.1 Å². The summed E-state index contributed by atoms with van der Waals surface area (Å²) in [7, 11) is 0. The molecule has 4 atom stereocenters. The van der Waals surface area contributed by atoms with Crippen LogP contribution in [0.2, 0.25) is 0 Å². The van der Waals surface area contributed by atoms with E-state index < -0.39 is 60.2 Å². The number of H-pyrrole nitrogens is 1. The van der Waals surface area contributed by atoms with E-state index in [2.05, 4.69) is 25.9 Å². The largest absolute Gasteiger partial charge is 0.508 e. The number of phenolic OH excluding ortho intramolecular Hbond substituents is 1. The molecule has 0 fully saturated rings. The molecule has 4 unspecified atom stereocenters. The summed E-state index contributed by atoms with van der Waals surface area (Å²) < 4.78 is 0. The van der Waals surface area contributed by atoms with E-state index in [0.29, 0.717) is 16.8 Å². The van der Waals surface area contributed by atoms with E-state index >= 15 is 0 Å². The fraction of sp³-hybridized carbons (Fsp3) is 0.286. The number of aliphatic carboxylic acids is 1. The zero-order valence-corrected chi connectivity index (χ0v) is 22.5. The summed E-state index contributed by atoms with van der Waals surface area (Å²) >= 11 is 0. The van der Waals surface area contributed by atoms with Gasteiger partial charge in [-0.15, -0.1) is 0 Å². The Morgan fingerprint density at radius 1 is 0.786 bits per heavy atom. The van der Waals surface area contributed by atoms with Gasteiger partial charge in [-0.2, -0.15) is 0 Å². The quantitative estimate of drug-likeness (QED) is 0.109. The lowest BCUT2D eigenvalue weighted by molar-refractivity contribution is -0.142. The number of primary amides is 1. The minimum atomic E-state index is -1.54. The van der Waals surface area contributed by atoms with Gasteiger partial charge < -0.3 is 42.6 Å². The fourth-order valence-corrected chi connectivity index (χ4v) is 4.09. The molecule has 0 saturated carbocycles. The molecule has 14 heteroatoms. The van der Waals surface area contributed by atoms with Gasteiger partial charge >= 0.3 is 5.97 Å². The Morgan fingerprint density at radius 3 is 1.95 bits per heavy atom. The lowest BCUT2D eigenvalue weighted by atomic mass is 10.0. The first-order valence-electron chi connectivity index (χ1n) is 13.0. The van der Waals surface area contributed by atoms with Crippen molar-refractivity contribution in [3.8, 4) is 5.75 Å². The van der Waals surface area contributed by atoms with Gasteiger partial charge in [0.1, 0.15) is 23.9 Å². The van der Waals surface area contributed by atoms with E-state index in [1.165, 1.54) is 24.7 Å². The molecule has 3 aromatic rings. The molecule has 1 heterocycles. The summed E-state index contributed by atoms with van der Waals surface area (Å²) in [5, 5.41) is 26.6. The number of amides is 4. The normalized spacial score (nSPS) is 13.6. The van der Waals surface area contributed by atoms with E-state index in [9.17, 15) is 34.2 Å². The molecule has 14 nitrogen and oxygen atoms in total. The van der Waals surface area contributed by atoms with Crippen molar-refractivity contribution in [1.82, 2.24) is 25.9 Å². The monoisotopic (exact) mass is 579 g/mol. The summed E-state index contributed by atoms with van der Waals surface area (Å²) in [6.07, 6.45) is 2.29. The SMILES string of the molecule is NC(=O)CC(NC(=O)C(Cc1ccc(O)cc1)NC(=O)C(N)Cc1cnc[nH]1)C(=O)NC(Cc1ccccc1)C(=O)O. The van der Waals surface area contributed by atoms with E-state index in [4.69, 9.17) is 11.5 Å². The number of rotatable bonds is 15. The van der Waals surface area contributed by atoms with Crippen molar-refractivity contribution in [3.63, 3.8) is 0 Å². The maximum absolute atomic E-state index is 13.4. The van der Waals surface area contributed by atoms with Crippen LogP contribution < -0.4 is 27.4 Å². The van der Waals surface area contributed by atoms with Crippen molar-refractivity contribution in [2.24, 2.45) is 11.5 Å². The number of carbonyl (C=O) groups excluding carboxylic acids is 4. The molecule has 3 rings (SSSR count). The number of aromatic hydroxyl groups is 1. The highest BCUT2D eigenvalue weighted by atomic mass is 16.4. The summed E-state index contributed by atoms with van der Waals surface area (Å²) in [6, 6.07) is 9.25. The summed E-state index contributed by atoms with van der Waals surface area (Å²) in [4.78, 5) is 69.8. The van der Waals surface area contributed by atoms with Crippen LogP contribution in [-0.4, -0.2) is 73.9 Å². The number of nitrogens with zero attached hydrogens (tertiary/aromatic N) is 1. The molecule has 222 valence electrons. The molecule has 42 heavy (non-hydrogen) atoms. The van der Waals surface area contributed by atoms with Crippen LogP contribution in [-0.2, 0) is 43.2 Å².